The maximum absolute atomic E-state index is 12.6. The highest BCUT2D eigenvalue weighted by molar-refractivity contribution is 6.00. The largest absolute Gasteiger partial charge is 0.496 e. The van der Waals surface area contributed by atoms with Crippen molar-refractivity contribution in [2.24, 2.45) is 5.92 Å². The zero-order chi connectivity index (χ0) is 22.1. The van der Waals surface area contributed by atoms with Crippen LogP contribution in [-0.4, -0.2) is 49.1 Å². The molecule has 3 N–H and O–H groups in total. The van der Waals surface area contributed by atoms with Crippen LogP contribution in [0.4, 0.5) is 4.79 Å². The molecule has 0 aliphatic carbocycles. The van der Waals surface area contributed by atoms with Gasteiger partial charge in [-0.05, 0) is 38.8 Å². The van der Waals surface area contributed by atoms with Crippen molar-refractivity contribution in [1.29, 1.82) is 0 Å². The van der Waals surface area contributed by atoms with Crippen LogP contribution < -0.4 is 20.7 Å². The molecular formula is C20H29N3O6. The zero-order valence-electron chi connectivity index (χ0n) is 17.6. The average Bonchev–Trinajstić information content (AvgIpc) is 2.64. The van der Waals surface area contributed by atoms with Crippen molar-refractivity contribution in [3.63, 3.8) is 0 Å². The van der Waals surface area contributed by atoms with Gasteiger partial charge in [-0.2, -0.15) is 0 Å². The Kier molecular flexibility index (Phi) is 9.11. The molecule has 9 heteroatoms. The number of urea groups is 1. The first-order chi connectivity index (χ1) is 13.6. The zero-order valence-corrected chi connectivity index (χ0v) is 17.6. The van der Waals surface area contributed by atoms with Gasteiger partial charge >= 0.3 is 12.0 Å². The Hall–Kier alpha value is -3.10. The Morgan fingerprint density at radius 1 is 0.931 bits per heavy atom. The number of carbonyl (C=O) groups is 4. The second-order valence-corrected chi connectivity index (χ2v) is 7.09. The number of nitrogens with one attached hydrogen (secondary N) is 3. The molecule has 29 heavy (non-hydrogen) atoms. The van der Waals surface area contributed by atoms with Crippen LogP contribution in [0.1, 0.15) is 45.0 Å². The SMILES string of the molecule is COc1ccccc1C(=O)N[C@H](C(=O)O[C@@H](C)C(=O)NC(=O)NC(C)C)C(C)C. The van der Waals surface area contributed by atoms with E-state index in [1.165, 1.54) is 14.0 Å². The van der Waals surface area contributed by atoms with E-state index in [0.29, 0.717) is 5.75 Å². The minimum absolute atomic E-state index is 0.156. The van der Waals surface area contributed by atoms with Gasteiger partial charge in [0.25, 0.3) is 11.8 Å². The predicted molar refractivity (Wildman–Crippen MR) is 106 cm³/mol. The summed E-state index contributed by atoms with van der Waals surface area (Å²) < 4.78 is 10.3. The minimum atomic E-state index is -1.22. The molecule has 160 valence electrons. The quantitative estimate of drug-likeness (QED) is 0.563. The number of benzene rings is 1. The number of methoxy groups -OCH3 is 1. The molecule has 1 aromatic rings. The van der Waals surface area contributed by atoms with Crippen molar-refractivity contribution in [2.75, 3.05) is 7.11 Å². The van der Waals surface area contributed by atoms with Gasteiger partial charge in [0.15, 0.2) is 6.10 Å². The second-order valence-electron chi connectivity index (χ2n) is 7.09. The molecule has 0 heterocycles. The highest BCUT2D eigenvalue weighted by Crippen LogP contribution is 2.18. The van der Waals surface area contributed by atoms with Crippen LogP contribution in [0.15, 0.2) is 24.3 Å². The molecule has 0 aliphatic heterocycles. The molecule has 1 rings (SSSR count). The fourth-order valence-electron chi connectivity index (χ4n) is 2.36. The van der Waals surface area contributed by atoms with Gasteiger partial charge in [-0.15, -0.1) is 0 Å². The Labute approximate surface area is 170 Å². The van der Waals surface area contributed by atoms with Crippen LogP contribution in [0.3, 0.4) is 0 Å². The van der Waals surface area contributed by atoms with E-state index in [2.05, 4.69) is 16.0 Å². The van der Waals surface area contributed by atoms with E-state index in [9.17, 15) is 19.2 Å². The van der Waals surface area contributed by atoms with Gasteiger partial charge in [-0.3, -0.25) is 14.9 Å². The summed E-state index contributed by atoms with van der Waals surface area (Å²) in [5.41, 5.74) is 0.268. The topological polar surface area (TPSA) is 123 Å². The Morgan fingerprint density at radius 3 is 2.10 bits per heavy atom. The molecule has 0 fully saturated rings. The van der Waals surface area contributed by atoms with Gasteiger partial charge in [-0.25, -0.2) is 9.59 Å². The molecular weight excluding hydrogens is 378 g/mol. The number of hydrogen-bond donors (Lipinski definition) is 3. The first kappa shape index (κ1) is 23.9. The van der Waals surface area contributed by atoms with Gasteiger partial charge in [0, 0.05) is 6.04 Å². The molecule has 2 atom stereocenters. The van der Waals surface area contributed by atoms with E-state index in [1.807, 2.05) is 0 Å². The lowest BCUT2D eigenvalue weighted by Crippen LogP contribution is -2.50. The molecule has 0 radical (unpaired) electrons. The van der Waals surface area contributed by atoms with Crippen LogP contribution in [0.25, 0.3) is 0 Å². The number of esters is 1. The van der Waals surface area contributed by atoms with Crippen molar-refractivity contribution < 1.29 is 28.7 Å². The number of rotatable bonds is 8. The Balaban J connectivity index is 2.78. The third kappa shape index (κ3) is 7.44. The summed E-state index contributed by atoms with van der Waals surface area (Å²) in [6.45, 7) is 8.29. The van der Waals surface area contributed by atoms with E-state index < -0.39 is 36.0 Å². The molecule has 0 bridgehead atoms. The van der Waals surface area contributed by atoms with E-state index in [-0.39, 0.29) is 17.5 Å². The summed E-state index contributed by atoms with van der Waals surface area (Å²) in [5, 5.41) is 7.21. The summed E-state index contributed by atoms with van der Waals surface area (Å²) >= 11 is 0. The van der Waals surface area contributed by atoms with Gasteiger partial charge < -0.3 is 20.1 Å². The normalized spacial score (nSPS) is 12.7. The van der Waals surface area contributed by atoms with Crippen LogP contribution in [-0.2, 0) is 14.3 Å². The van der Waals surface area contributed by atoms with Crippen molar-refractivity contribution in [3.05, 3.63) is 29.8 Å². The van der Waals surface area contributed by atoms with Gasteiger partial charge in [-0.1, -0.05) is 26.0 Å². The monoisotopic (exact) mass is 407 g/mol. The molecule has 4 amide bonds. The fourth-order valence-corrected chi connectivity index (χ4v) is 2.36. The van der Waals surface area contributed by atoms with Crippen LogP contribution in [0, 0.1) is 5.92 Å². The summed E-state index contributed by atoms with van der Waals surface area (Å²) in [5.74, 6) is -2.00. The molecule has 0 aromatic heterocycles. The maximum Gasteiger partial charge on any atom is 0.329 e. The highest BCUT2D eigenvalue weighted by Gasteiger charge is 2.30. The lowest BCUT2D eigenvalue weighted by molar-refractivity contribution is -0.157. The number of para-hydroxylation sites is 1. The summed E-state index contributed by atoms with van der Waals surface area (Å²) in [4.78, 5) is 48.8. The third-order valence-corrected chi connectivity index (χ3v) is 3.88. The number of hydrogen-bond acceptors (Lipinski definition) is 6. The Bertz CT molecular complexity index is 747. The summed E-state index contributed by atoms with van der Waals surface area (Å²) in [6, 6.07) is 4.77. The summed E-state index contributed by atoms with van der Waals surface area (Å²) in [7, 11) is 1.44. The standard InChI is InChI=1S/C20H29N3O6/c1-11(2)16(22-18(25)14-9-7-8-10-15(14)28-6)19(26)29-13(5)17(24)23-20(27)21-12(3)4/h7-13,16H,1-6H3,(H,22,25)(H2,21,23,24,27)/t13-,16-/m0/s1. The first-order valence-corrected chi connectivity index (χ1v) is 9.32. The van der Waals surface area contributed by atoms with Crippen molar-refractivity contribution >= 4 is 23.8 Å². The third-order valence-electron chi connectivity index (χ3n) is 3.88. The molecule has 1 aromatic carbocycles. The van der Waals surface area contributed by atoms with E-state index in [1.54, 1.807) is 52.0 Å². The fraction of sp³-hybridized carbons (Fsp3) is 0.500. The number of carbonyl (C=O) groups excluding carboxylic acids is 4. The van der Waals surface area contributed by atoms with Crippen molar-refractivity contribution in [2.45, 2.75) is 52.8 Å². The maximum atomic E-state index is 12.6. The van der Waals surface area contributed by atoms with Crippen LogP contribution >= 0.6 is 0 Å². The first-order valence-electron chi connectivity index (χ1n) is 9.32. The number of amides is 4. The highest BCUT2D eigenvalue weighted by atomic mass is 16.5. The smallest absolute Gasteiger partial charge is 0.329 e. The van der Waals surface area contributed by atoms with E-state index in [0.717, 1.165) is 0 Å². The minimum Gasteiger partial charge on any atom is -0.496 e. The predicted octanol–water partition coefficient (Wildman–Crippen LogP) is 1.62. The second kappa shape index (κ2) is 11.0. The van der Waals surface area contributed by atoms with Gasteiger partial charge in [0.1, 0.15) is 11.8 Å². The molecule has 0 aliphatic rings. The molecule has 9 nitrogen and oxygen atoms in total. The van der Waals surface area contributed by atoms with E-state index in [4.69, 9.17) is 9.47 Å². The molecule has 0 unspecified atom stereocenters. The van der Waals surface area contributed by atoms with Gasteiger partial charge in [0.2, 0.25) is 0 Å². The van der Waals surface area contributed by atoms with Crippen molar-refractivity contribution in [1.82, 2.24) is 16.0 Å². The number of imide groups is 1. The number of ether oxygens (including phenoxy) is 2. The van der Waals surface area contributed by atoms with Crippen LogP contribution in [0.5, 0.6) is 5.75 Å². The van der Waals surface area contributed by atoms with Gasteiger partial charge in [0.05, 0.1) is 12.7 Å². The molecule has 0 saturated carbocycles. The lowest BCUT2D eigenvalue weighted by Gasteiger charge is -2.23. The lowest BCUT2D eigenvalue weighted by atomic mass is 10.0. The Morgan fingerprint density at radius 2 is 1.55 bits per heavy atom. The van der Waals surface area contributed by atoms with Crippen LogP contribution in [0.2, 0.25) is 0 Å². The van der Waals surface area contributed by atoms with Crippen molar-refractivity contribution in [3.8, 4) is 5.75 Å². The average molecular weight is 407 g/mol. The van der Waals surface area contributed by atoms with E-state index >= 15 is 0 Å². The molecule has 0 saturated heterocycles. The summed E-state index contributed by atoms with van der Waals surface area (Å²) in [6.07, 6.45) is -1.22. The molecule has 0 spiro atoms.